The Balaban J connectivity index is 1.44. The molecule has 1 fully saturated rings. The van der Waals surface area contributed by atoms with Crippen LogP contribution in [0.5, 0.6) is 0 Å². The van der Waals surface area contributed by atoms with Crippen molar-refractivity contribution in [2.45, 2.75) is 0 Å². The van der Waals surface area contributed by atoms with Gasteiger partial charge in [0.2, 0.25) is 0 Å². The third kappa shape index (κ3) is 3.03. The lowest BCUT2D eigenvalue weighted by Crippen LogP contribution is -2.46. The maximum absolute atomic E-state index is 13.6. The molecule has 3 aromatic carbocycles. The Labute approximate surface area is 168 Å². The van der Waals surface area contributed by atoms with Crippen molar-refractivity contribution in [3.05, 3.63) is 84.9 Å². The molecule has 1 saturated heterocycles. The van der Waals surface area contributed by atoms with Gasteiger partial charge in [0.1, 0.15) is 17.5 Å². The van der Waals surface area contributed by atoms with Crippen LogP contribution in [0.15, 0.2) is 73.3 Å². The molecule has 0 bridgehead atoms. The number of hydrogen-bond donors (Lipinski definition) is 0. The number of fused-ring (bicyclic) bond motifs is 3. The zero-order valence-electron chi connectivity index (χ0n) is 16.0. The second-order valence-corrected chi connectivity index (χ2v) is 7.39. The highest BCUT2D eigenvalue weighted by Gasteiger charge is 2.22. The van der Waals surface area contributed by atoms with Crippen molar-refractivity contribution >= 4 is 33.3 Å². The fourth-order valence-corrected chi connectivity index (χ4v) is 4.29. The molecule has 0 aliphatic carbocycles. The molecule has 4 aromatic rings. The summed E-state index contributed by atoms with van der Waals surface area (Å²) in [7, 11) is 0. The second-order valence-electron chi connectivity index (χ2n) is 7.39. The van der Waals surface area contributed by atoms with Crippen molar-refractivity contribution in [2.75, 3.05) is 31.1 Å². The number of benzene rings is 3. The maximum Gasteiger partial charge on any atom is 0.128 e. The van der Waals surface area contributed by atoms with Crippen LogP contribution in [0.1, 0.15) is 0 Å². The summed E-state index contributed by atoms with van der Waals surface area (Å²) in [6.45, 7) is 7.22. The first kappa shape index (κ1) is 17.7. The van der Waals surface area contributed by atoms with Gasteiger partial charge in [0.05, 0.1) is 11.0 Å². The third-order valence-electron chi connectivity index (χ3n) is 5.70. The van der Waals surface area contributed by atoms with Gasteiger partial charge in [-0.25, -0.2) is 8.78 Å². The van der Waals surface area contributed by atoms with E-state index >= 15 is 0 Å². The molecule has 0 N–H and O–H groups in total. The number of anilines is 1. The summed E-state index contributed by atoms with van der Waals surface area (Å²) in [6.07, 6.45) is 0. The maximum atomic E-state index is 13.6. The smallest absolute Gasteiger partial charge is 0.128 e. The Bertz CT molecular complexity index is 1150. The summed E-state index contributed by atoms with van der Waals surface area (Å²) in [5.41, 5.74) is 2.85. The summed E-state index contributed by atoms with van der Waals surface area (Å²) in [5, 5.41) is 2.41. The fraction of sp³-hybridized carbons (Fsp3) is 0.167. The molecule has 0 unspecified atom stereocenters. The van der Waals surface area contributed by atoms with E-state index in [1.807, 2.05) is 17.0 Å². The van der Waals surface area contributed by atoms with E-state index in [4.69, 9.17) is 0 Å². The van der Waals surface area contributed by atoms with E-state index in [9.17, 15) is 8.78 Å². The van der Waals surface area contributed by atoms with Gasteiger partial charge in [-0.3, -0.25) is 4.57 Å². The minimum atomic E-state index is -0.544. The number of aromatic nitrogens is 1. The molecule has 1 aromatic heterocycles. The highest BCUT2D eigenvalue weighted by Crippen LogP contribution is 2.32. The highest BCUT2D eigenvalue weighted by atomic mass is 19.1. The average Bonchev–Trinajstić information content (AvgIpc) is 3.07. The Morgan fingerprint density at radius 3 is 1.79 bits per heavy atom. The van der Waals surface area contributed by atoms with E-state index in [2.05, 4.69) is 52.4 Å². The van der Waals surface area contributed by atoms with Crippen molar-refractivity contribution < 1.29 is 8.78 Å². The van der Waals surface area contributed by atoms with Gasteiger partial charge in [-0.15, -0.1) is 0 Å². The van der Waals surface area contributed by atoms with E-state index in [-0.39, 0.29) is 0 Å². The fourth-order valence-electron chi connectivity index (χ4n) is 4.29. The molecule has 0 radical (unpaired) electrons. The summed E-state index contributed by atoms with van der Waals surface area (Å²) in [6, 6.07) is 20.4. The Morgan fingerprint density at radius 2 is 1.24 bits per heavy atom. The molecule has 5 rings (SSSR count). The molecular formula is C24H21F2N3. The largest absolute Gasteiger partial charge is 0.368 e. The molecule has 29 heavy (non-hydrogen) atoms. The van der Waals surface area contributed by atoms with Crippen molar-refractivity contribution in [1.29, 1.82) is 0 Å². The Morgan fingerprint density at radius 1 is 0.724 bits per heavy atom. The lowest BCUT2D eigenvalue weighted by Gasteiger charge is -2.38. The van der Waals surface area contributed by atoms with Crippen LogP contribution in [-0.4, -0.2) is 35.6 Å². The quantitative estimate of drug-likeness (QED) is 0.470. The molecule has 0 spiro atoms. The van der Waals surface area contributed by atoms with Crippen LogP contribution in [0, 0.1) is 11.6 Å². The first-order chi connectivity index (χ1) is 14.1. The van der Waals surface area contributed by atoms with Crippen LogP contribution in [-0.2, 0) is 0 Å². The minimum absolute atomic E-state index is 0.544. The van der Waals surface area contributed by atoms with Crippen molar-refractivity contribution in [2.24, 2.45) is 0 Å². The highest BCUT2D eigenvalue weighted by molar-refractivity contribution is 6.09. The number of nitrogens with zero attached hydrogens (tertiary/aromatic N) is 3. The molecule has 5 heteroatoms. The zero-order valence-corrected chi connectivity index (χ0v) is 16.0. The monoisotopic (exact) mass is 389 g/mol. The second kappa shape index (κ2) is 6.92. The Kier molecular flexibility index (Phi) is 4.23. The predicted molar refractivity (Wildman–Crippen MR) is 115 cm³/mol. The lowest BCUT2D eigenvalue weighted by atomic mass is 10.2. The van der Waals surface area contributed by atoms with E-state index in [0.29, 0.717) is 18.8 Å². The summed E-state index contributed by atoms with van der Waals surface area (Å²) >= 11 is 0. The molecule has 1 aliphatic rings. The predicted octanol–water partition coefficient (Wildman–Crippen LogP) is 5.32. The molecule has 0 atom stereocenters. The molecule has 1 aliphatic heterocycles. The molecule has 2 heterocycles. The van der Waals surface area contributed by atoms with Crippen molar-refractivity contribution in [1.82, 2.24) is 9.47 Å². The van der Waals surface area contributed by atoms with Crippen LogP contribution in [0.4, 0.5) is 14.5 Å². The minimum Gasteiger partial charge on any atom is -0.368 e. The van der Waals surface area contributed by atoms with Crippen LogP contribution >= 0.6 is 0 Å². The van der Waals surface area contributed by atoms with Crippen LogP contribution in [0.2, 0.25) is 0 Å². The van der Waals surface area contributed by atoms with Crippen LogP contribution in [0.3, 0.4) is 0 Å². The lowest BCUT2D eigenvalue weighted by molar-refractivity contribution is 0.355. The van der Waals surface area contributed by atoms with Gasteiger partial charge in [-0.2, -0.15) is 0 Å². The van der Waals surface area contributed by atoms with E-state index in [1.165, 1.54) is 22.9 Å². The van der Waals surface area contributed by atoms with Gasteiger partial charge < -0.3 is 9.80 Å². The van der Waals surface area contributed by atoms with Crippen LogP contribution < -0.4 is 4.90 Å². The first-order valence-electron chi connectivity index (χ1n) is 9.75. The van der Waals surface area contributed by atoms with Gasteiger partial charge in [0.15, 0.2) is 0 Å². The number of rotatable bonds is 3. The van der Waals surface area contributed by atoms with Gasteiger partial charge >= 0.3 is 0 Å². The molecule has 0 amide bonds. The summed E-state index contributed by atoms with van der Waals surface area (Å²) < 4.78 is 29.4. The molecule has 0 saturated carbocycles. The van der Waals surface area contributed by atoms with Gasteiger partial charge in [-0.1, -0.05) is 43.0 Å². The number of para-hydroxylation sites is 2. The average molecular weight is 389 g/mol. The number of hydrogen-bond acceptors (Lipinski definition) is 2. The van der Waals surface area contributed by atoms with Crippen molar-refractivity contribution in [3.63, 3.8) is 0 Å². The number of piperazine rings is 1. The SMILES string of the molecule is C=C(N1CCN(c2cc(F)cc(F)c2)CC1)n1c2ccccc2c2ccccc21. The van der Waals surface area contributed by atoms with Gasteiger partial charge in [0, 0.05) is 48.7 Å². The number of halogens is 2. The third-order valence-corrected chi connectivity index (χ3v) is 5.70. The van der Waals surface area contributed by atoms with E-state index in [1.54, 1.807) is 0 Å². The Hall–Kier alpha value is -3.34. The summed E-state index contributed by atoms with van der Waals surface area (Å²) in [4.78, 5) is 4.26. The zero-order chi connectivity index (χ0) is 20.0. The molecule has 3 nitrogen and oxygen atoms in total. The van der Waals surface area contributed by atoms with Gasteiger partial charge in [-0.05, 0) is 24.3 Å². The van der Waals surface area contributed by atoms with Crippen LogP contribution in [0.25, 0.3) is 27.6 Å². The first-order valence-corrected chi connectivity index (χ1v) is 9.75. The van der Waals surface area contributed by atoms with E-state index < -0.39 is 11.6 Å². The van der Waals surface area contributed by atoms with Gasteiger partial charge in [0.25, 0.3) is 0 Å². The topological polar surface area (TPSA) is 11.4 Å². The molecular weight excluding hydrogens is 368 g/mol. The normalized spacial score (nSPS) is 14.7. The van der Waals surface area contributed by atoms with Crippen molar-refractivity contribution in [3.8, 4) is 0 Å². The standard InChI is InChI=1S/C24H21F2N3/c1-17(27-10-12-28(13-11-27)20-15-18(25)14-19(26)16-20)29-23-8-4-2-6-21(23)22-7-3-5-9-24(22)29/h2-9,14-16H,1,10-13H2. The molecule has 146 valence electrons. The summed E-state index contributed by atoms with van der Waals surface area (Å²) in [5.74, 6) is -0.165. The van der Waals surface area contributed by atoms with E-state index in [0.717, 1.165) is 36.0 Å².